The molecule has 128 valence electrons. The van der Waals surface area contributed by atoms with Gasteiger partial charge in [0.1, 0.15) is 0 Å². The Morgan fingerprint density at radius 3 is 2.65 bits per heavy atom. The molecule has 0 atom stereocenters. The smallest absolute Gasteiger partial charge is 0.220 e. The normalized spacial score (nSPS) is 20.2. The lowest BCUT2D eigenvalue weighted by molar-refractivity contribution is -0.124. The molecule has 23 heavy (non-hydrogen) atoms. The van der Waals surface area contributed by atoms with Gasteiger partial charge in [-0.1, -0.05) is 28.1 Å². The maximum atomic E-state index is 12.4. The van der Waals surface area contributed by atoms with Crippen LogP contribution in [0.2, 0.25) is 0 Å². The van der Waals surface area contributed by atoms with Crippen LogP contribution >= 0.6 is 28.3 Å². The molecule has 0 radical (unpaired) electrons. The zero-order valence-corrected chi connectivity index (χ0v) is 15.8. The Balaban J connectivity index is 0.00000192. The molecule has 1 aromatic rings. The maximum Gasteiger partial charge on any atom is 0.220 e. The number of hydrogen-bond acceptors (Lipinski definition) is 2. The van der Waals surface area contributed by atoms with Crippen LogP contribution in [0.15, 0.2) is 28.7 Å². The van der Waals surface area contributed by atoms with Crippen molar-refractivity contribution in [1.82, 2.24) is 10.6 Å². The highest BCUT2D eigenvalue weighted by Crippen LogP contribution is 2.42. The van der Waals surface area contributed by atoms with Gasteiger partial charge < -0.3 is 10.6 Å². The van der Waals surface area contributed by atoms with E-state index >= 15 is 0 Å². The van der Waals surface area contributed by atoms with Crippen LogP contribution in [-0.2, 0) is 10.3 Å². The van der Waals surface area contributed by atoms with Gasteiger partial charge in [0.2, 0.25) is 5.91 Å². The molecular formula is C18H26BrClN2O. The summed E-state index contributed by atoms with van der Waals surface area (Å²) in [4.78, 5) is 12.4. The minimum absolute atomic E-state index is 0. The quantitative estimate of drug-likeness (QED) is 0.778. The van der Waals surface area contributed by atoms with E-state index in [1.54, 1.807) is 0 Å². The lowest BCUT2D eigenvalue weighted by Crippen LogP contribution is -2.50. The van der Waals surface area contributed by atoms with E-state index in [0.717, 1.165) is 42.7 Å². The van der Waals surface area contributed by atoms with Gasteiger partial charge in [0.15, 0.2) is 0 Å². The number of carbonyl (C=O) groups is 1. The molecule has 0 aromatic heterocycles. The predicted octanol–water partition coefficient (Wildman–Crippen LogP) is 4.15. The molecule has 1 saturated heterocycles. The third kappa shape index (κ3) is 4.71. The van der Waals surface area contributed by atoms with Crippen LogP contribution in [0.3, 0.4) is 0 Å². The zero-order chi connectivity index (χ0) is 15.4. The van der Waals surface area contributed by atoms with Gasteiger partial charge in [-0.2, -0.15) is 0 Å². The Kier molecular flexibility index (Phi) is 6.93. The van der Waals surface area contributed by atoms with Crippen molar-refractivity contribution in [3.63, 3.8) is 0 Å². The molecule has 2 fully saturated rings. The van der Waals surface area contributed by atoms with E-state index in [9.17, 15) is 4.79 Å². The van der Waals surface area contributed by atoms with Gasteiger partial charge in [0, 0.05) is 10.9 Å². The average molecular weight is 402 g/mol. The van der Waals surface area contributed by atoms with Crippen molar-refractivity contribution in [2.75, 3.05) is 13.1 Å². The molecule has 3 rings (SSSR count). The summed E-state index contributed by atoms with van der Waals surface area (Å²) in [7, 11) is 0. The second-order valence-corrected chi connectivity index (χ2v) is 7.64. The summed E-state index contributed by atoms with van der Waals surface area (Å²) in [6.07, 6.45) is 7.43. The van der Waals surface area contributed by atoms with Crippen molar-refractivity contribution in [3.05, 3.63) is 34.3 Å². The summed E-state index contributed by atoms with van der Waals surface area (Å²) < 4.78 is 1.08. The zero-order valence-electron chi connectivity index (χ0n) is 13.4. The highest BCUT2D eigenvalue weighted by molar-refractivity contribution is 9.10. The first-order chi connectivity index (χ1) is 10.7. The van der Waals surface area contributed by atoms with E-state index in [4.69, 9.17) is 0 Å². The largest absolute Gasteiger partial charge is 0.347 e. The molecule has 3 nitrogen and oxygen atoms in total. The minimum atomic E-state index is -0.116. The first-order valence-corrected chi connectivity index (χ1v) is 9.25. The van der Waals surface area contributed by atoms with Crippen LogP contribution in [0.5, 0.6) is 0 Å². The first-order valence-electron chi connectivity index (χ1n) is 8.46. The molecule has 1 aliphatic carbocycles. The second kappa shape index (κ2) is 8.50. The topological polar surface area (TPSA) is 41.1 Å². The highest BCUT2D eigenvalue weighted by Gasteiger charge is 2.39. The van der Waals surface area contributed by atoms with Crippen molar-refractivity contribution in [1.29, 1.82) is 0 Å². The number of halogens is 2. The van der Waals surface area contributed by atoms with E-state index in [-0.39, 0.29) is 23.9 Å². The molecule has 5 heteroatoms. The molecule has 2 N–H and O–H groups in total. The molecular weight excluding hydrogens is 376 g/mol. The van der Waals surface area contributed by atoms with Crippen LogP contribution in [0.4, 0.5) is 0 Å². The number of piperidine rings is 1. The Morgan fingerprint density at radius 2 is 2.04 bits per heavy atom. The molecule has 1 aliphatic heterocycles. The van der Waals surface area contributed by atoms with Crippen LogP contribution in [0.1, 0.15) is 50.5 Å². The van der Waals surface area contributed by atoms with Crippen molar-refractivity contribution < 1.29 is 4.79 Å². The molecule has 0 spiro atoms. The third-order valence-corrected chi connectivity index (χ3v) is 5.69. The summed E-state index contributed by atoms with van der Waals surface area (Å²) in [5, 5.41) is 6.72. The van der Waals surface area contributed by atoms with E-state index in [2.05, 4.69) is 44.8 Å². The van der Waals surface area contributed by atoms with E-state index in [0.29, 0.717) is 6.42 Å². The summed E-state index contributed by atoms with van der Waals surface area (Å²) in [6.45, 7) is 2.21. The van der Waals surface area contributed by atoms with Gasteiger partial charge in [-0.05, 0) is 75.2 Å². The van der Waals surface area contributed by atoms with Crippen molar-refractivity contribution in [3.8, 4) is 0 Å². The Bertz CT molecular complexity index is 528. The van der Waals surface area contributed by atoms with Crippen LogP contribution < -0.4 is 10.6 Å². The van der Waals surface area contributed by atoms with Crippen LogP contribution in [-0.4, -0.2) is 19.0 Å². The monoisotopic (exact) mass is 400 g/mol. The van der Waals surface area contributed by atoms with Gasteiger partial charge in [-0.15, -0.1) is 12.4 Å². The van der Waals surface area contributed by atoms with Gasteiger partial charge in [-0.25, -0.2) is 0 Å². The summed E-state index contributed by atoms with van der Waals surface area (Å²) in [5.74, 6) is 0.938. The number of benzene rings is 1. The molecule has 2 aliphatic rings. The van der Waals surface area contributed by atoms with Gasteiger partial charge in [-0.3, -0.25) is 4.79 Å². The number of amides is 1. The molecule has 0 unspecified atom stereocenters. The lowest BCUT2D eigenvalue weighted by atomic mass is 9.71. The minimum Gasteiger partial charge on any atom is -0.347 e. The van der Waals surface area contributed by atoms with Crippen molar-refractivity contribution in [2.45, 2.75) is 50.5 Å². The Hall–Kier alpha value is -0.580. The first kappa shape index (κ1) is 18.8. The Morgan fingerprint density at radius 1 is 1.30 bits per heavy atom. The fourth-order valence-corrected chi connectivity index (χ4v) is 4.04. The number of carbonyl (C=O) groups excluding carboxylic acids is 1. The summed E-state index contributed by atoms with van der Waals surface area (Å²) in [6, 6.07) is 8.37. The number of rotatable bonds is 5. The number of hydrogen-bond donors (Lipinski definition) is 2. The van der Waals surface area contributed by atoms with Gasteiger partial charge in [0.05, 0.1) is 5.54 Å². The molecule has 1 saturated carbocycles. The van der Waals surface area contributed by atoms with E-state index in [1.807, 2.05) is 6.07 Å². The second-order valence-electron chi connectivity index (χ2n) is 6.73. The molecule has 1 heterocycles. The van der Waals surface area contributed by atoms with Gasteiger partial charge in [0.25, 0.3) is 0 Å². The average Bonchev–Trinajstić information content (AvgIpc) is 2.50. The fourth-order valence-electron chi connectivity index (χ4n) is 3.64. The highest BCUT2D eigenvalue weighted by atomic mass is 79.9. The van der Waals surface area contributed by atoms with E-state index in [1.165, 1.54) is 24.8 Å². The Labute approximate surface area is 153 Å². The third-order valence-electron chi connectivity index (χ3n) is 5.20. The van der Waals surface area contributed by atoms with Gasteiger partial charge >= 0.3 is 0 Å². The maximum absolute atomic E-state index is 12.4. The van der Waals surface area contributed by atoms with Crippen molar-refractivity contribution in [2.24, 2.45) is 5.92 Å². The lowest BCUT2D eigenvalue weighted by Gasteiger charge is -2.43. The fraction of sp³-hybridized carbons (Fsp3) is 0.611. The standard InChI is InChI=1S/C18H25BrN2O.ClH/c19-16-4-1-3-15(13-16)18(9-2-10-18)21-17(22)6-5-14-7-11-20-12-8-14;/h1,3-4,13-14,20H,2,5-12H2,(H,21,22);1H. The SMILES string of the molecule is Cl.O=C(CCC1CCNCC1)NC1(c2cccc(Br)c2)CCC1. The predicted molar refractivity (Wildman–Crippen MR) is 99.9 cm³/mol. The summed E-state index contributed by atoms with van der Waals surface area (Å²) in [5.41, 5.74) is 1.12. The molecule has 0 bridgehead atoms. The number of nitrogens with one attached hydrogen (secondary N) is 2. The van der Waals surface area contributed by atoms with Crippen molar-refractivity contribution >= 4 is 34.2 Å². The van der Waals surface area contributed by atoms with E-state index < -0.39 is 0 Å². The van der Waals surface area contributed by atoms with Crippen LogP contribution in [0.25, 0.3) is 0 Å². The van der Waals surface area contributed by atoms with Crippen LogP contribution in [0, 0.1) is 5.92 Å². The molecule has 1 aromatic carbocycles. The summed E-state index contributed by atoms with van der Waals surface area (Å²) >= 11 is 3.54. The molecule has 1 amide bonds.